The van der Waals surface area contributed by atoms with Crippen molar-refractivity contribution in [2.45, 2.75) is 26.3 Å². The van der Waals surface area contributed by atoms with Crippen LogP contribution in [0.1, 0.15) is 25.6 Å². The van der Waals surface area contributed by atoms with Crippen LogP contribution in [0.4, 0.5) is 0 Å². The van der Waals surface area contributed by atoms with E-state index in [4.69, 9.17) is 4.98 Å². The van der Waals surface area contributed by atoms with E-state index in [1.54, 1.807) is 11.3 Å². The second kappa shape index (κ2) is 6.49. The van der Waals surface area contributed by atoms with Crippen molar-refractivity contribution in [1.29, 1.82) is 0 Å². The summed E-state index contributed by atoms with van der Waals surface area (Å²) in [4.78, 5) is 23.6. The lowest BCUT2D eigenvalue weighted by atomic mass is 10.0. The molecule has 0 spiro atoms. The molecule has 0 amide bonds. The minimum Gasteiger partial charge on any atom is -0.309 e. The largest absolute Gasteiger partial charge is 0.309 e. The average Bonchev–Trinajstić information content (AvgIpc) is 3.00. The summed E-state index contributed by atoms with van der Waals surface area (Å²) in [5.74, 6) is 1.50. The fourth-order valence-electron chi connectivity index (χ4n) is 3.54. The van der Waals surface area contributed by atoms with Gasteiger partial charge in [-0.1, -0.05) is 37.3 Å². The highest BCUT2D eigenvalue weighted by molar-refractivity contribution is 7.17. The Balaban J connectivity index is 1.68. The summed E-state index contributed by atoms with van der Waals surface area (Å²) >= 11 is 1.55. The van der Waals surface area contributed by atoms with Crippen LogP contribution in [0.15, 0.2) is 40.5 Å². The van der Waals surface area contributed by atoms with E-state index in [0.717, 1.165) is 47.3 Å². The molecule has 0 aliphatic carbocycles. The summed E-state index contributed by atoms with van der Waals surface area (Å²) in [7, 11) is 0. The van der Waals surface area contributed by atoms with Gasteiger partial charge in [0.25, 0.3) is 5.56 Å². The molecule has 0 saturated carbocycles. The first kappa shape index (κ1) is 15.5. The van der Waals surface area contributed by atoms with Crippen molar-refractivity contribution in [3.8, 4) is 11.1 Å². The van der Waals surface area contributed by atoms with Gasteiger partial charge in [-0.3, -0.25) is 9.69 Å². The number of hydrogen-bond donors (Lipinski definition) is 1. The third kappa shape index (κ3) is 3.01. The van der Waals surface area contributed by atoms with Gasteiger partial charge in [0.2, 0.25) is 0 Å². The van der Waals surface area contributed by atoms with E-state index in [0.29, 0.717) is 5.39 Å². The Morgan fingerprint density at radius 3 is 2.96 bits per heavy atom. The van der Waals surface area contributed by atoms with Crippen molar-refractivity contribution >= 4 is 21.6 Å². The number of thiophene rings is 1. The maximum atomic E-state index is 12.7. The number of nitrogens with zero attached hydrogens (tertiary/aromatic N) is 2. The van der Waals surface area contributed by atoms with Gasteiger partial charge >= 0.3 is 0 Å². The van der Waals surface area contributed by atoms with Crippen LogP contribution >= 0.6 is 11.3 Å². The zero-order valence-electron chi connectivity index (χ0n) is 13.8. The van der Waals surface area contributed by atoms with E-state index in [2.05, 4.69) is 16.8 Å². The van der Waals surface area contributed by atoms with E-state index in [1.165, 1.54) is 12.8 Å². The predicted molar refractivity (Wildman–Crippen MR) is 99.4 cm³/mol. The average molecular weight is 339 g/mol. The molecule has 1 fully saturated rings. The van der Waals surface area contributed by atoms with Crippen LogP contribution in [0.3, 0.4) is 0 Å². The molecule has 3 aromatic rings. The van der Waals surface area contributed by atoms with Crippen molar-refractivity contribution in [1.82, 2.24) is 14.9 Å². The van der Waals surface area contributed by atoms with Gasteiger partial charge < -0.3 is 4.98 Å². The molecule has 4 rings (SSSR count). The Kier molecular flexibility index (Phi) is 4.21. The summed E-state index contributed by atoms with van der Waals surface area (Å²) in [6, 6.07) is 10.0. The summed E-state index contributed by atoms with van der Waals surface area (Å²) < 4.78 is 0. The van der Waals surface area contributed by atoms with Crippen LogP contribution in [-0.2, 0) is 6.54 Å². The zero-order valence-corrected chi connectivity index (χ0v) is 14.6. The maximum Gasteiger partial charge on any atom is 0.260 e. The van der Waals surface area contributed by atoms with E-state index in [1.807, 2.05) is 35.7 Å². The first-order valence-electron chi connectivity index (χ1n) is 8.49. The Labute approximate surface area is 145 Å². The molecular formula is C19H21N3OS. The molecule has 0 bridgehead atoms. The van der Waals surface area contributed by atoms with Crippen molar-refractivity contribution in [3.63, 3.8) is 0 Å². The van der Waals surface area contributed by atoms with Gasteiger partial charge in [-0.05, 0) is 30.9 Å². The highest BCUT2D eigenvalue weighted by Gasteiger charge is 2.18. The number of nitrogens with one attached hydrogen (secondary N) is 1. The molecule has 124 valence electrons. The van der Waals surface area contributed by atoms with Crippen molar-refractivity contribution in [3.05, 3.63) is 51.9 Å². The Hall–Kier alpha value is -1.98. The van der Waals surface area contributed by atoms with Gasteiger partial charge in [-0.15, -0.1) is 11.3 Å². The number of aromatic nitrogens is 2. The summed E-state index contributed by atoms with van der Waals surface area (Å²) in [6.45, 7) is 5.19. The number of benzene rings is 1. The SMILES string of the molecule is C[C@@H]1CCCN(Cc2nc3scc(-c4ccccc4)c3c(=O)[nH]2)C1. The van der Waals surface area contributed by atoms with Gasteiger partial charge in [0.15, 0.2) is 0 Å². The molecule has 5 heteroatoms. The Morgan fingerprint density at radius 1 is 1.33 bits per heavy atom. The molecular weight excluding hydrogens is 318 g/mol. The number of fused-ring (bicyclic) bond motifs is 1. The van der Waals surface area contributed by atoms with Crippen LogP contribution in [0.25, 0.3) is 21.3 Å². The van der Waals surface area contributed by atoms with Crippen LogP contribution < -0.4 is 5.56 Å². The van der Waals surface area contributed by atoms with Crippen molar-refractivity contribution in [2.75, 3.05) is 13.1 Å². The standard InChI is InChI=1S/C19H21N3OS/c1-13-6-5-9-22(10-13)11-16-20-18(23)17-15(12-24-19(17)21-16)14-7-3-2-4-8-14/h2-4,7-8,12-13H,5-6,9-11H2,1H3,(H,20,21,23)/t13-/m1/s1. The van der Waals surface area contributed by atoms with Gasteiger partial charge in [0, 0.05) is 17.5 Å². The molecule has 0 radical (unpaired) electrons. The molecule has 1 saturated heterocycles. The van der Waals surface area contributed by atoms with Crippen LogP contribution in [0.5, 0.6) is 0 Å². The Morgan fingerprint density at radius 2 is 2.17 bits per heavy atom. The molecule has 3 heterocycles. The number of aromatic amines is 1. The lowest BCUT2D eigenvalue weighted by Gasteiger charge is -2.30. The minimum atomic E-state index is -0.0276. The summed E-state index contributed by atoms with van der Waals surface area (Å²) in [6.07, 6.45) is 2.52. The van der Waals surface area contributed by atoms with E-state index in [-0.39, 0.29) is 5.56 Å². The fourth-order valence-corrected chi connectivity index (χ4v) is 4.51. The molecule has 1 aromatic carbocycles. The van der Waals surface area contributed by atoms with Crippen LogP contribution in [0, 0.1) is 5.92 Å². The molecule has 1 aliphatic heterocycles. The van der Waals surface area contributed by atoms with Gasteiger partial charge in [0.05, 0.1) is 11.9 Å². The quantitative estimate of drug-likeness (QED) is 0.788. The van der Waals surface area contributed by atoms with Gasteiger partial charge in [0.1, 0.15) is 10.7 Å². The summed E-state index contributed by atoms with van der Waals surface area (Å²) in [5, 5.41) is 2.75. The maximum absolute atomic E-state index is 12.7. The lowest BCUT2D eigenvalue weighted by Crippen LogP contribution is -2.34. The van der Waals surface area contributed by atoms with E-state index in [9.17, 15) is 4.79 Å². The van der Waals surface area contributed by atoms with E-state index >= 15 is 0 Å². The summed E-state index contributed by atoms with van der Waals surface area (Å²) in [5.41, 5.74) is 2.01. The molecule has 0 unspecified atom stereocenters. The minimum absolute atomic E-state index is 0.0276. The van der Waals surface area contributed by atoms with E-state index < -0.39 is 0 Å². The number of piperidine rings is 1. The number of hydrogen-bond acceptors (Lipinski definition) is 4. The van der Waals surface area contributed by atoms with Crippen molar-refractivity contribution < 1.29 is 0 Å². The normalized spacial score (nSPS) is 19.0. The molecule has 1 aliphatic rings. The highest BCUT2D eigenvalue weighted by Crippen LogP contribution is 2.30. The highest BCUT2D eigenvalue weighted by atomic mass is 32.1. The number of rotatable bonds is 3. The van der Waals surface area contributed by atoms with Gasteiger partial charge in [-0.25, -0.2) is 4.98 Å². The second-order valence-electron chi connectivity index (χ2n) is 6.69. The monoisotopic (exact) mass is 339 g/mol. The fraction of sp³-hybridized carbons (Fsp3) is 0.368. The van der Waals surface area contributed by atoms with Crippen LogP contribution in [0.2, 0.25) is 0 Å². The molecule has 4 nitrogen and oxygen atoms in total. The van der Waals surface area contributed by atoms with Crippen molar-refractivity contribution in [2.24, 2.45) is 5.92 Å². The number of likely N-dealkylation sites (tertiary alicyclic amines) is 1. The van der Waals surface area contributed by atoms with Crippen LogP contribution in [-0.4, -0.2) is 28.0 Å². The topological polar surface area (TPSA) is 49.0 Å². The smallest absolute Gasteiger partial charge is 0.260 e. The third-order valence-corrected chi connectivity index (χ3v) is 5.56. The molecule has 24 heavy (non-hydrogen) atoms. The third-order valence-electron chi connectivity index (χ3n) is 4.69. The first-order chi connectivity index (χ1) is 11.7. The number of H-pyrrole nitrogens is 1. The lowest BCUT2D eigenvalue weighted by molar-refractivity contribution is 0.173. The molecule has 1 atom stereocenters. The van der Waals surface area contributed by atoms with Gasteiger partial charge in [-0.2, -0.15) is 0 Å². The first-order valence-corrected chi connectivity index (χ1v) is 9.37. The predicted octanol–water partition coefficient (Wildman–Crippen LogP) is 3.88. The Bertz CT molecular complexity index is 900. The zero-order chi connectivity index (χ0) is 16.5. The molecule has 1 N–H and O–H groups in total. The molecule has 2 aromatic heterocycles. The second-order valence-corrected chi connectivity index (χ2v) is 7.55.